The van der Waals surface area contributed by atoms with Gasteiger partial charge in [-0.3, -0.25) is 0 Å². The molecule has 0 saturated carbocycles. The summed E-state index contributed by atoms with van der Waals surface area (Å²) < 4.78 is 0. The Hall–Kier alpha value is -1.72. The lowest BCUT2D eigenvalue weighted by Gasteiger charge is -2.18. The average Bonchev–Trinajstić information content (AvgIpc) is 2.72. The maximum Gasteiger partial charge on any atom is 0.0498 e. The van der Waals surface area contributed by atoms with Gasteiger partial charge in [0.25, 0.3) is 0 Å². The Kier molecular flexibility index (Phi) is 2.53. The molecule has 0 radical (unpaired) electrons. The molecule has 14 heavy (non-hydrogen) atoms. The van der Waals surface area contributed by atoms with Gasteiger partial charge in [-0.25, -0.2) is 0 Å². The molecule has 0 saturated heterocycles. The van der Waals surface area contributed by atoms with Crippen molar-refractivity contribution >= 4 is 5.69 Å². The lowest BCUT2D eigenvalue weighted by Crippen LogP contribution is -2.18. The van der Waals surface area contributed by atoms with Crippen LogP contribution in [0.15, 0.2) is 59.9 Å². The standard InChI is InChI=1S/C13H13N/c1-14(11-12-7-5-6-8-12)13-9-3-2-4-10-13/h2-7,9-10H,11H2,1H3. The number of anilines is 1. The maximum atomic E-state index is 3.20. The number of benzene rings is 1. The first-order valence-electron chi connectivity index (χ1n) is 4.75. The monoisotopic (exact) mass is 183 g/mol. The molecule has 2 rings (SSSR count). The van der Waals surface area contributed by atoms with Gasteiger partial charge in [-0.05, 0) is 24.3 Å². The minimum absolute atomic E-state index is 0.914. The molecule has 0 spiro atoms. The van der Waals surface area contributed by atoms with E-state index in [0.717, 1.165) is 6.54 Å². The molecule has 1 heteroatoms. The summed E-state index contributed by atoms with van der Waals surface area (Å²) in [7, 11) is 2.09. The Morgan fingerprint density at radius 1 is 1.21 bits per heavy atom. The fourth-order valence-corrected chi connectivity index (χ4v) is 1.50. The van der Waals surface area contributed by atoms with E-state index in [1.807, 2.05) is 18.2 Å². The smallest absolute Gasteiger partial charge is 0.0498 e. The molecule has 0 fully saturated rings. The lowest BCUT2D eigenvalue weighted by molar-refractivity contribution is 1.01. The molecule has 70 valence electrons. The van der Waals surface area contributed by atoms with Crippen LogP contribution in [0.3, 0.4) is 0 Å². The average molecular weight is 183 g/mol. The first kappa shape index (κ1) is 8.86. The maximum absolute atomic E-state index is 3.20. The fraction of sp³-hybridized carbons (Fsp3) is 0.154. The number of likely N-dealkylation sites (N-methyl/N-ethyl adjacent to an activating group) is 1. The van der Waals surface area contributed by atoms with Crippen LogP contribution in [-0.2, 0) is 0 Å². The molecule has 0 aromatic heterocycles. The van der Waals surface area contributed by atoms with Gasteiger partial charge in [-0.15, -0.1) is 5.73 Å². The van der Waals surface area contributed by atoms with Crippen molar-refractivity contribution in [3.63, 3.8) is 0 Å². The zero-order valence-electron chi connectivity index (χ0n) is 8.27. The molecule has 1 aliphatic rings. The van der Waals surface area contributed by atoms with Crippen molar-refractivity contribution in [2.24, 2.45) is 0 Å². The molecule has 0 amide bonds. The normalized spacial score (nSPS) is 13.1. The third-order valence-electron chi connectivity index (χ3n) is 2.27. The summed E-state index contributed by atoms with van der Waals surface area (Å²) in [6.07, 6.45) is 6.07. The minimum Gasteiger partial charge on any atom is -0.370 e. The van der Waals surface area contributed by atoms with Crippen LogP contribution in [-0.4, -0.2) is 13.6 Å². The number of hydrogen-bond acceptors (Lipinski definition) is 1. The van der Waals surface area contributed by atoms with Crippen molar-refractivity contribution in [3.8, 4) is 0 Å². The van der Waals surface area contributed by atoms with Crippen molar-refractivity contribution < 1.29 is 0 Å². The molecule has 0 N–H and O–H groups in total. The number of hydrogen-bond donors (Lipinski definition) is 0. The molecule has 0 bridgehead atoms. The van der Waals surface area contributed by atoms with Gasteiger partial charge in [0.1, 0.15) is 0 Å². The lowest BCUT2D eigenvalue weighted by atomic mass is 10.2. The van der Waals surface area contributed by atoms with E-state index in [9.17, 15) is 0 Å². The third-order valence-corrected chi connectivity index (χ3v) is 2.27. The Balaban J connectivity index is 2.06. The number of nitrogens with zero attached hydrogens (tertiary/aromatic N) is 1. The van der Waals surface area contributed by atoms with Gasteiger partial charge >= 0.3 is 0 Å². The Morgan fingerprint density at radius 2 is 2.00 bits per heavy atom. The van der Waals surface area contributed by atoms with E-state index in [1.165, 1.54) is 11.3 Å². The van der Waals surface area contributed by atoms with Gasteiger partial charge in [0.2, 0.25) is 0 Å². The Bertz CT molecular complexity index is 395. The van der Waals surface area contributed by atoms with E-state index in [0.29, 0.717) is 0 Å². The van der Waals surface area contributed by atoms with Crippen LogP contribution in [0.5, 0.6) is 0 Å². The van der Waals surface area contributed by atoms with Gasteiger partial charge in [0.05, 0.1) is 0 Å². The molecule has 0 aliphatic heterocycles. The third kappa shape index (κ3) is 1.95. The fourth-order valence-electron chi connectivity index (χ4n) is 1.50. The van der Waals surface area contributed by atoms with Crippen molar-refractivity contribution in [2.45, 2.75) is 0 Å². The van der Waals surface area contributed by atoms with Gasteiger partial charge in [-0.2, -0.15) is 0 Å². The summed E-state index contributed by atoms with van der Waals surface area (Å²) in [5, 5.41) is 0. The second kappa shape index (κ2) is 3.99. The van der Waals surface area contributed by atoms with Crippen LogP contribution < -0.4 is 4.90 Å². The highest BCUT2D eigenvalue weighted by molar-refractivity contribution is 5.47. The summed E-state index contributed by atoms with van der Waals surface area (Å²) >= 11 is 0. The second-order valence-electron chi connectivity index (χ2n) is 3.39. The first-order valence-corrected chi connectivity index (χ1v) is 4.75. The zero-order chi connectivity index (χ0) is 9.80. The van der Waals surface area contributed by atoms with E-state index in [-0.39, 0.29) is 0 Å². The van der Waals surface area contributed by atoms with Crippen LogP contribution in [0.25, 0.3) is 0 Å². The highest BCUT2D eigenvalue weighted by Gasteiger charge is 2.01. The zero-order valence-corrected chi connectivity index (χ0v) is 8.27. The molecule has 0 heterocycles. The van der Waals surface area contributed by atoms with Crippen LogP contribution >= 0.6 is 0 Å². The quantitative estimate of drug-likeness (QED) is 0.651. The highest BCUT2D eigenvalue weighted by Crippen LogP contribution is 2.13. The van der Waals surface area contributed by atoms with E-state index in [2.05, 4.69) is 48.0 Å². The predicted octanol–water partition coefficient (Wildman–Crippen LogP) is 2.77. The Labute approximate surface area is 84.7 Å². The van der Waals surface area contributed by atoms with E-state index < -0.39 is 0 Å². The first-order chi connectivity index (χ1) is 6.86. The van der Waals surface area contributed by atoms with Gasteiger partial charge in [0, 0.05) is 24.9 Å². The Morgan fingerprint density at radius 3 is 2.64 bits per heavy atom. The minimum atomic E-state index is 0.914. The second-order valence-corrected chi connectivity index (χ2v) is 3.39. The van der Waals surface area contributed by atoms with E-state index >= 15 is 0 Å². The van der Waals surface area contributed by atoms with Gasteiger partial charge in [0.15, 0.2) is 0 Å². The predicted molar refractivity (Wildman–Crippen MR) is 60.4 cm³/mol. The van der Waals surface area contributed by atoms with Gasteiger partial charge in [-0.1, -0.05) is 24.3 Å². The van der Waals surface area contributed by atoms with Crippen molar-refractivity contribution in [2.75, 3.05) is 18.5 Å². The van der Waals surface area contributed by atoms with Crippen molar-refractivity contribution in [3.05, 3.63) is 59.9 Å². The number of rotatable bonds is 3. The largest absolute Gasteiger partial charge is 0.370 e. The van der Waals surface area contributed by atoms with Crippen LogP contribution in [0.2, 0.25) is 0 Å². The highest BCUT2D eigenvalue weighted by atomic mass is 15.1. The topological polar surface area (TPSA) is 3.24 Å². The van der Waals surface area contributed by atoms with Gasteiger partial charge < -0.3 is 4.90 Å². The van der Waals surface area contributed by atoms with Crippen molar-refractivity contribution in [1.29, 1.82) is 0 Å². The van der Waals surface area contributed by atoms with E-state index in [4.69, 9.17) is 0 Å². The molecule has 1 aromatic rings. The molecule has 1 nitrogen and oxygen atoms in total. The molecular formula is C13H13N. The summed E-state index contributed by atoms with van der Waals surface area (Å²) in [4.78, 5) is 2.21. The van der Waals surface area contributed by atoms with Crippen LogP contribution in [0, 0.1) is 0 Å². The summed E-state index contributed by atoms with van der Waals surface area (Å²) in [5.41, 5.74) is 5.67. The van der Waals surface area contributed by atoms with E-state index in [1.54, 1.807) is 0 Å². The molecule has 0 atom stereocenters. The van der Waals surface area contributed by atoms with Crippen LogP contribution in [0.4, 0.5) is 5.69 Å². The molecule has 1 aliphatic carbocycles. The number of allylic oxidation sites excluding steroid dienone is 1. The van der Waals surface area contributed by atoms with Crippen molar-refractivity contribution in [1.82, 2.24) is 0 Å². The summed E-state index contributed by atoms with van der Waals surface area (Å²) in [5.74, 6) is 0. The molecule has 0 unspecified atom stereocenters. The molecule has 1 aromatic carbocycles. The SMILES string of the molecule is CN(CC1=C=CC=C1)c1ccccc1. The summed E-state index contributed by atoms with van der Waals surface area (Å²) in [6.45, 7) is 0.914. The van der Waals surface area contributed by atoms with Crippen LogP contribution in [0.1, 0.15) is 0 Å². The molecular weight excluding hydrogens is 170 g/mol. The number of para-hydroxylation sites is 1. The summed E-state index contributed by atoms with van der Waals surface area (Å²) in [6, 6.07) is 10.4.